The smallest absolute Gasteiger partial charge is 0.369 e. The Morgan fingerprint density at radius 3 is 2.17 bits per heavy atom. The first-order valence-electron chi connectivity index (χ1n) is 6.57. The zero-order valence-electron chi connectivity index (χ0n) is 12.1. The van der Waals surface area contributed by atoms with Crippen LogP contribution in [-0.2, 0) is 23.9 Å². The van der Waals surface area contributed by atoms with Crippen molar-refractivity contribution in [2.45, 2.75) is 4.90 Å². The van der Waals surface area contributed by atoms with Crippen LogP contribution < -0.4 is 5.11 Å². The summed E-state index contributed by atoms with van der Waals surface area (Å²) in [6.07, 6.45) is 1.70. The molecule has 3 rings (SSSR count). The molecule has 1 heterocycles. The number of hydrogen-bond donors (Lipinski definition) is 0. The Balaban J connectivity index is 0.000000194. The van der Waals surface area contributed by atoms with Crippen LogP contribution in [0.15, 0.2) is 76.2 Å². The standard InChI is InChI=1S/C8H6O6S.C8H6O/c9-7(10)8(11)14-15(12,13)6-4-2-1-3-5-6;1-2-4-8-7(3-1)5-6-9-8/h1-5H,(H,9,10);1-6H/p-1. The summed E-state index contributed by atoms with van der Waals surface area (Å²) in [5, 5.41) is 11.1. The summed E-state index contributed by atoms with van der Waals surface area (Å²) in [7, 11) is -4.37. The number of carboxylic acid groups (broad SMARTS) is 1. The van der Waals surface area contributed by atoms with Crippen LogP contribution in [0.25, 0.3) is 11.0 Å². The van der Waals surface area contributed by atoms with Crippen LogP contribution in [0.5, 0.6) is 0 Å². The summed E-state index contributed by atoms with van der Waals surface area (Å²) < 4.78 is 31.3. The first-order chi connectivity index (χ1) is 11.4. The van der Waals surface area contributed by atoms with E-state index in [1.165, 1.54) is 12.1 Å². The predicted octanol–water partition coefficient (Wildman–Crippen LogP) is 1.10. The lowest BCUT2D eigenvalue weighted by Crippen LogP contribution is -2.34. The van der Waals surface area contributed by atoms with E-state index < -0.39 is 22.1 Å². The van der Waals surface area contributed by atoms with E-state index >= 15 is 0 Å². The van der Waals surface area contributed by atoms with Gasteiger partial charge in [-0.3, -0.25) is 0 Å². The van der Waals surface area contributed by atoms with Gasteiger partial charge in [-0.05, 0) is 24.3 Å². The normalized spacial score (nSPS) is 10.5. The van der Waals surface area contributed by atoms with E-state index in [1.54, 1.807) is 12.3 Å². The van der Waals surface area contributed by atoms with Gasteiger partial charge in [0.1, 0.15) is 10.5 Å². The number of aliphatic carboxylic acids is 1. The second kappa shape index (κ2) is 7.42. The molecule has 124 valence electrons. The Bertz CT molecular complexity index is 912. The number of rotatable bonds is 2. The topological polar surface area (TPSA) is 114 Å². The van der Waals surface area contributed by atoms with Crippen LogP contribution in [0.2, 0.25) is 0 Å². The van der Waals surface area contributed by atoms with Gasteiger partial charge in [0.2, 0.25) is 0 Å². The molecule has 0 fully saturated rings. The minimum absolute atomic E-state index is 0.306. The molecule has 0 saturated carbocycles. The third-order valence-corrected chi connectivity index (χ3v) is 3.97. The summed E-state index contributed by atoms with van der Waals surface area (Å²) in [4.78, 5) is 20.1. The molecule has 1 aromatic heterocycles. The van der Waals surface area contributed by atoms with E-state index in [9.17, 15) is 23.1 Å². The highest BCUT2D eigenvalue weighted by atomic mass is 32.2. The van der Waals surface area contributed by atoms with Crippen LogP contribution in [0.3, 0.4) is 0 Å². The average Bonchev–Trinajstić information content (AvgIpc) is 3.04. The third kappa shape index (κ3) is 4.43. The maximum absolute atomic E-state index is 11.2. The van der Waals surface area contributed by atoms with Gasteiger partial charge in [-0.1, -0.05) is 36.4 Å². The van der Waals surface area contributed by atoms with E-state index in [1.807, 2.05) is 30.3 Å². The van der Waals surface area contributed by atoms with Gasteiger partial charge in [-0.2, -0.15) is 8.42 Å². The predicted molar refractivity (Wildman–Crippen MR) is 80.9 cm³/mol. The van der Waals surface area contributed by atoms with Gasteiger partial charge in [0.25, 0.3) is 0 Å². The van der Waals surface area contributed by atoms with Crippen LogP contribution >= 0.6 is 0 Å². The van der Waals surface area contributed by atoms with Gasteiger partial charge in [0.15, 0.2) is 5.97 Å². The lowest BCUT2D eigenvalue weighted by Gasteiger charge is -2.04. The molecule has 2 aromatic carbocycles. The molecule has 0 N–H and O–H groups in total. The molecule has 0 radical (unpaired) electrons. The van der Waals surface area contributed by atoms with E-state index in [0.29, 0.717) is 0 Å². The third-order valence-electron chi connectivity index (χ3n) is 2.75. The maximum Gasteiger partial charge on any atom is 0.369 e. The minimum Gasteiger partial charge on any atom is -0.539 e. The molecule has 0 aliphatic heterocycles. The summed E-state index contributed by atoms with van der Waals surface area (Å²) in [6, 6.07) is 16.6. The van der Waals surface area contributed by atoms with Crippen LogP contribution in [0, 0.1) is 0 Å². The van der Waals surface area contributed by atoms with Crippen molar-refractivity contribution in [1.29, 1.82) is 0 Å². The van der Waals surface area contributed by atoms with E-state index in [-0.39, 0.29) is 4.90 Å². The average molecular weight is 347 g/mol. The van der Waals surface area contributed by atoms with Crippen molar-refractivity contribution < 1.29 is 31.7 Å². The van der Waals surface area contributed by atoms with Gasteiger partial charge in [0.05, 0.1) is 6.26 Å². The van der Waals surface area contributed by atoms with Crippen LogP contribution in [0.1, 0.15) is 0 Å². The van der Waals surface area contributed by atoms with Crippen LogP contribution in [-0.4, -0.2) is 20.4 Å². The monoisotopic (exact) mass is 347 g/mol. The Morgan fingerprint density at radius 1 is 0.917 bits per heavy atom. The number of carboxylic acids is 1. The van der Waals surface area contributed by atoms with Crippen molar-refractivity contribution in [3.8, 4) is 0 Å². The van der Waals surface area contributed by atoms with Crippen molar-refractivity contribution in [2.24, 2.45) is 0 Å². The van der Waals surface area contributed by atoms with Gasteiger partial charge >= 0.3 is 16.1 Å². The van der Waals surface area contributed by atoms with Gasteiger partial charge < -0.3 is 18.5 Å². The summed E-state index contributed by atoms with van der Waals surface area (Å²) in [5.74, 6) is -4.16. The van der Waals surface area contributed by atoms with Crippen molar-refractivity contribution >= 4 is 33.0 Å². The second-order valence-electron chi connectivity index (χ2n) is 4.38. The molecule has 24 heavy (non-hydrogen) atoms. The molecule has 7 nitrogen and oxygen atoms in total. The van der Waals surface area contributed by atoms with Gasteiger partial charge in [-0.25, -0.2) is 4.79 Å². The Labute approximate surface area is 137 Å². The SMILES string of the molecule is O=C([O-])C(=O)OS(=O)(=O)c1ccccc1.c1ccc2occc2c1. The summed E-state index contributed by atoms with van der Waals surface area (Å²) in [6.45, 7) is 0. The van der Waals surface area contributed by atoms with E-state index in [0.717, 1.165) is 23.1 Å². The summed E-state index contributed by atoms with van der Waals surface area (Å²) in [5.41, 5.74) is 0.956. The van der Waals surface area contributed by atoms with Gasteiger partial charge in [0, 0.05) is 5.39 Å². The molecular formula is C16H11O7S-. The number of para-hydroxylation sites is 1. The number of hydrogen-bond acceptors (Lipinski definition) is 7. The number of fused-ring (bicyclic) bond motifs is 1. The van der Waals surface area contributed by atoms with E-state index in [2.05, 4.69) is 4.18 Å². The Hall–Kier alpha value is -3.13. The lowest BCUT2D eigenvalue weighted by molar-refractivity contribution is -0.302. The molecule has 8 heteroatoms. The fourth-order valence-electron chi connectivity index (χ4n) is 1.68. The molecule has 0 aliphatic rings. The van der Waals surface area contributed by atoms with Crippen molar-refractivity contribution in [1.82, 2.24) is 0 Å². The Kier molecular flexibility index (Phi) is 5.33. The fraction of sp³-hybridized carbons (Fsp3) is 0. The second-order valence-corrected chi connectivity index (χ2v) is 5.93. The van der Waals surface area contributed by atoms with E-state index in [4.69, 9.17) is 4.42 Å². The number of carbonyl (C=O) groups excluding carboxylic acids is 2. The minimum atomic E-state index is -4.37. The highest BCUT2D eigenvalue weighted by molar-refractivity contribution is 7.87. The molecule has 0 atom stereocenters. The van der Waals surface area contributed by atoms with Crippen molar-refractivity contribution in [2.75, 3.05) is 0 Å². The molecule has 0 aliphatic carbocycles. The van der Waals surface area contributed by atoms with Gasteiger partial charge in [-0.15, -0.1) is 0 Å². The van der Waals surface area contributed by atoms with Crippen LogP contribution in [0.4, 0.5) is 0 Å². The first kappa shape index (κ1) is 17.2. The number of furan rings is 1. The summed E-state index contributed by atoms with van der Waals surface area (Å²) >= 11 is 0. The lowest BCUT2D eigenvalue weighted by atomic mass is 10.3. The highest BCUT2D eigenvalue weighted by Gasteiger charge is 2.20. The fourth-order valence-corrected chi connectivity index (χ4v) is 2.53. The zero-order chi connectivity index (χ0) is 17.6. The quantitative estimate of drug-likeness (QED) is 0.504. The first-order valence-corrected chi connectivity index (χ1v) is 7.98. The largest absolute Gasteiger partial charge is 0.539 e. The Morgan fingerprint density at radius 2 is 1.54 bits per heavy atom. The zero-order valence-corrected chi connectivity index (χ0v) is 12.9. The molecule has 3 aromatic rings. The van der Waals surface area contributed by atoms with Crippen molar-refractivity contribution in [3.05, 3.63) is 66.9 Å². The number of benzene rings is 2. The molecule has 0 amide bonds. The molecular weight excluding hydrogens is 336 g/mol. The molecule has 0 saturated heterocycles. The molecule has 0 spiro atoms. The highest BCUT2D eigenvalue weighted by Crippen LogP contribution is 2.13. The molecule has 0 bridgehead atoms. The molecule has 0 unspecified atom stereocenters. The number of carbonyl (C=O) groups is 2. The maximum atomic E-state index is 11.2. The van der Waals surface area contributed by atoms with Crippen molar-refractivity contribution in [3.63, 3.8) is 0 Å².